The number of hydrogen-bond donors (Lipinski definition) is 1. The fourth-order valence-corrected chi connectivity index (χ4v) is 3.04. The molecule has 0 bridgehead atoms. The third-order valence-corrected chi connectivity index (χ3v) is 4.26. The number of aryl methyl sites for hydroxylation is 2. The van der Waals surface area contributed by atoms with E-state index in [0.29, 0.717) is 0 Å². The molecule has 3 rings (SSSR count). The number of rotatable bonds is 4. The van der Waals surface area contributed by atoms with Crippen LogP contribution in [0.5, 0.6) is 11.5 Å². The second-order valence-electron chi connectivity index (χ2n) is 5.47. The summed E-state index contributed by atoms with van der Waals surface area (Å²) in [6.07, 6.45) is 3.60. The first kappa shape index (κ1) is 14.0. The van der Waals surface area contributed by atoms with Gasteiger partial charge in [0.05, 0.1) is 20.3 Å². The first-order valence-electron chi connectivity index (χ1n) is 7.32. The van der Waals surface area contributed by atoms with Crippen LogP contribution in [0.25, 0.3) is 0 Å². The molecule has 0 heterocycles. The SMILES string of the molecule is COc1ccc(C(N)c2ccc3c(c2)CCC3)c(OC)c1. The number of hydrogen-bond acceptors (Lipinski definition) is 3. The van der Waals surface area contributed by atoms with Gasteiger partial charge in [0.1, 0.15) is 11.5 Å². The van der Waals surface area contributed by atoms with Gasteiger partial charge in [-0.2, -0.15) is 0 Å². The molecule has 0 aromatic heterocycles. The predicted octanol–water partition coefficient (Wildman–Crippen LogP) is 3.24. The van der Waals surface area contributed by atoms with E-state index in [1.165, 1.54) is 24.0 Å². The molecule has 21 heavy (non-hydrogen) atoms. The van der Waals surface area contributed by atoms with E-state index in [2.05, 4.69) is 18.2 Å². The average molecular weight is 283 g/mol. The topological polar surface area (TPSA) is 44.5 Å². The van der Waals surface area contributed by atoms with Gasteiger partial charge in [-0.1, -0.05) is 18.2 Å². The van der Waals surface area contributed by atoms with Crippen LogP contribution in [0.15, 0.2) is 36.4 Å². The van der Waals surface area contributed by atoms with Crippen molar-refractivity contribution in [3.05, 3.63) is 58.7 Å². The Morgan fingerprint density at radius 2 is 1.76 bits per heavy atom. The van der Waals surface area contributed by atoms with Crippen LogP contribution in [0.2, 0.25) is 0 Å². The maximum atomic E-state index is 6.46. The standard InChI is InChI=1S/C18H21NO2/c1-20-15-8-9-16(17(11-15)21-2)18(19)14-7-6-12-4-3-5-13(12)10-14/h6-11,18H,3-5,19H2,1-2H3. The molecule has 0 saturated heterocycles. The fraction of sp³-hybridized carbons (Fsp3) is 0.333. The van der Waals surface area contributed by atoms with Crippen molar-refractivity contribution in [2.24, 2.45) is 5.73 Å². The van der Waals surface area contributed by atoms with E-state index in [1.54, 1.807) is 14.2 Å². The monoisotopic (exact) mass is 283 g/mol. The molecule has 2 aromatic rings. The summed E-state index contributed by atoms with van der Waals surface area (Å²) in [5.41, 5.74) is 11.5. The molecule has 0 aliphatic heterocycles. The molecule has 1 aliphatic rings. The van der Waals surface area contributed by atoms with Crippen molar-refractivity contribution in [2.75, 3.05) is 14.2 Å². The highest BCUT2D eigenvalue weighted by Gasteiger charge is 2.18. The smallest absolute Gasteiger partial charge is 0.127 e. The first-order valence-corrected chi connectivity index (χ1v) is 7.32. The van der Waals surface area contributed by atoms with Crippen LogP contribution in [0.3, 0.4) is 0 Å². The second kappa shape index (κ2) is 5.78. The van der Waals surface area contributed by atoms with Crippen molar-refractivity contribution in [1.82, 2.24) is 0 Å². The molecular weight excluding hydrogens is 262 g/mol. The third kappa shape index (κ3) is 2.61. The van der Waals surface area contributed by atoms with Gasteiger partial charge in [-0.15, -0.1) is 0 Å². The summed E-state index contributed by atoms with van der Waals surface area (Å²) in [5, 5.41) is 0. The summed E-state index contributed by atoms with van der Waals surface area (Å²) in [5.74, 6) is 1.54. The number of nitrogens with two attached hydrogens (primary N) is 1. The van der Waals surface area contributed by atoms with E-state index < -0.39 is 0 Å². The quantitative estimate of drug-likeness (QED) is 0.937. The van der Waals surface area contributed by atoms with Gasteiger partial charge in [0.25, 0.3) is 0 Å². The summed E-state index contributed by atoms with van der Waals surface area (Å²) in [6.45, 7) is 0. The predicted molar refractivity (Wildman–Crippen MR) is 84.0 cm³/mol. The van der Waals surface area contributed by atoms with Crippen LogP contribution in [-0.4, -0.2) is 14.2 Å². The van der Waals surface area contributed by atoms with Gasteiger partial charge in [-0.05, 0) is 48.1 Å². The van der Waals surface area contributed by atoms with Crippen molar-refractivity contribution in [3.63, 3.8) is 0 Å². The highest BCUT2D eigenvalue weighted by molar-refractivity contribution is 5.47. The molecular formula is C18H21NO2. The maximum Gasteiger partial charge on any atom is 0.127 e. The van der Waals surface area contributed by atoms with E-state index in [9.17, 15) is 0 Å². The molecule has 1 unspecified atom stereocenters. The third-order valence-electron chi connectivity index (χ3n) is 4.26. The molecule has 2 N–H and O–H groups in total. The minimum absolute atomic E-state index is 0.184. The molecule has 3 nitrogen and oxygen atoms in total. The lowest BCUT2D eigenvalue weighted by Gasteiger charge is -2.18. The normalized spacial score (nSPS) is 14.6. The molecule has 1 aliphatic carbocycles. The Balaban J connectivity index is 1.96. The Morgan fingerprint density at radius 3 is 2.52 bits per heavy atom. The Morgan fingerprint density at radius 1 is 0.952 bits per heavy atom. The van der Waals surface area contributed by atoms with Gasteiger partial charge in [-0.3, -0.25) is 0 Å². The van der Waals surface area contributed by atoms with Crippen molar-refractivity contribution in [1.29, 1.82) is 0 Å². The van der Waals surface area contributed by atoms with Crippen molar-refractivity contribution >= 4 is 0 Å². The van der Waals surface area contributed by atoms with Crippen LogP contribution >= 0.6 is 0 Å². The van der Waals surface area contributed by atoms with Crippen molar-refractivity contribution < 1.29 is 9.47 Å². The van der Waals surface area contributed by atoms with Crippen LogP contribution in [0.4, 0.5) is 0 Å². The minimum Gasteiger partial charge on any atom is -0.497 e. The second-order valence-corrected chi connectivity index (χ2v) is 5.47. The van der Waals surface area contributed by atoms with Gasteiger partial charge < -0.3 is 15.2 Å². The molecule has 0 fully saturated rings. The van der Waals surface area contributed by atoms with E-state index in [-0.39, 0.29) is 6.04 Å². The van der Waals surface area contributed by atoms with Gasteiger partial charge in [0.2, 0.25) is 0 Å². The largest absolute Gasteiger partial charge is 0.497 e. The van der Waals surface area contributed by atoms with E-state index in [4.69, 9.17) is 15.2 Å². The summed E-state index contributed by atoms with van der Waals surface area (Å²) >= 11 is 0. The lowest BCUT2D eigenvalue weighted by Crippen LogP contribution is -2.13. The Bertz CT molecular complexity index is 652. The molecule has 3 heteroatoms. The summed E-state index contributed by atoms with van der Waals surface area (Å²) in [4.78, 5) is 0. The first-order chi connectivity index (χ1) is 10.2. The molecule has 0 spiro atoms. The Hall–Kier alpha value is -2.00. The molecule has 2 aromatic carbocycles. The van der Waals surface area contributed by atoms with Crippen LogP contribution in [0.1, 0.15) is 34.7 Å². The molecule has 1 atom stereocenters. The van der Waals surface area contributed by atoms with Crippen LogP contribution in [-0.2, 0) is 12.8 Å². The maximum absolute atomic E-state index is 6.46. The average Bonchev–Trinajstić information content (AvgIpc) is 3.01. The van der Waals surface area contributed by atoms with Crippen molar-refractivity contribution in [3.8, 4) is 11.5 Å². The summed E-state index contributed by atoms with van der Waals surface area (Å²) in [7, 11) is 3.31. The lowest BCUT2D eigenvalue weighted by molar-refractivity contribution is 0.390. The van der Waals surface area contributed by atoms with Gasteiger partial charge in [0, 0.05) is 11.6 Å². The molecule has 0 radical (unpaired) electrons. The fourth-order valence-electron chi connectivity index (χ4n) is 3.04. The van der Waals surface area contributed by atoms with Crippen LogP contribution < -0.4 is 15.2 Å². The van der Waals surface area contributed by atoms with E-state index in [0.717, 1.165) is 29.0 Å². The lowest BCUT2D eigenvalue weighted by atomic mass is 9.95. The number of benzene rings is 2. The highest BCUT2D eigenvalue weighted by atomic mass is 16.5. The minimum atomic E-state index is -0.184. The zero-order valence-electron chi connectivity index (χ0n) is 12.6. The van der Waals surface area contributed by atoms with E-state index >= 15 is 0 Å². The molecule has 0 amide bonds. The Kier molecular flexibility index (Phi) is 3.84. The zero-order chi connectivity index (χ0) is 14.8. The Labute approximate surface area is 125 Å². The zero-order valence-corrected chi connectivity index (χ0v) is 12.6. The molecule has 0 saturated carbocycles. The van der Waals surface area contributed by atoms with Crippen LogP contribution in [0, 0.1) is 0 Å². The highest BCUT2D eigenvalue weighted by Crippen LogP contribution is 2.33. The molecule has 110 valence electrons. The number of ether oxygens (including phenoxy) is 2. The van der Waals surface area contributed by atoms with Crippen molar-refractivity contribution in [2.45, 2.75) is 25.3 Å². The van der Waals surface area contributed by atoms with Gasteiger partial charge >= 0.3 is 0 Å². The number of fused-ring (bicyclic) bond motifs is 1. The number of methoxy groups -OCH3 is 2. The summed E-state index contributed by atoms with van der Waals surface area (Å²) in [6, 6.07) is 12.2. The van der Waals surface area contributed by atoms with Gasteiger partial charge in [0.15, 0.2) is 0 Å². The van der Waals surface area contributed by atoms with Gasteiger partial charge in [-0.25, -0.2) is 0 Å². The van der Waals surface area contributed by atoms with E-state index in [1.807, 2.05) is 18.2 Å². The summed E-state index contributed by atoms with van der Waals surface area (Å²) < 4.78 is 10.7.